The molecule has 278 valence electrons. The van der Waals surface area contributed by atoms with Crippen molar-refractivity contribution in [1.82, 2.24) is 0 Å². The molecule has 10 nitrogen and oxygen atoms in total. The number of nitrogens with one attached hydrogen (secondary N) is 2. The topological polar surface area (TPSA) is 148 Å². The van der Waals surface area contributed by atoms with Crippen LogP contribution in [0, 0.1) is 0 Å². The molecule has 0 aromatic heterocycles. The number of hydrogen-bond donors (Lipinski definition) is 4. The molecule has 16 heteroatoms. The second-order valence-electron chi connectivity index (χ2n) is 12.0. The highest BCUT2D eigenvalue weighted by Crippen LogP contribution is 2.43. The van der Waals surface area contributed by atoms with Crippen LogP contribution < -0.4 is 10.6 Å². The summed E-state index contributed by atoms with van der Waals surface area (Å²) in [4.78, 5) is 27.3. The number of fused-ring (bicyclic) bond motifs is 2. The number of rotatable bonds is 8. The molecule has 0 aliphatic rings. The van der Waals surface area contributed by atoms with E-state index in [1.807, 2.05) is 0 Å². The maximum Gasteiger partial charge on any atom is 0.259 e. The molecule has 0 unspecified atom stereocenters. The zero-order valence-corrected chi connectivity index (χ0v) is 32.7. The summed E-state index contributed by atoms with van der Waals surface area (Å²) in [7, 11) is 0. The van der Waals surface area contributed by atoms with Crippen LogP contribution in [-0.2, 0) is 0 Å². The highest BCUT2D eigenvalue weighted by atomic mass is 35.5. The van der Waals surface area contributed by atoms with Gasteiger partial charge in [0.15, 0.2) is 11.5 Å². The zero-order chi connectivity index (χ0) is 39.7. The molecule has 56 heavy (non-hydrogen) atoms. The second-order valence-corrected chi connectivity index (χ2v) is 14.5. The van der Waals surface area contributed by atoms with Gasteiger partial charge in [-0.1, -0.05) is 118 Å². The van der Waals surface area contributed by atoms with Gasteiger partial charge in [0.2, 0.25) is 0 Å². The number of benzene rings is 7. The van der Waals surface area contributed by atoms with Gasteiger partial charge in [-0.2, -0.15) is 0 Å². The lowest BCUT2D eigenvalue weighted by Gasteiger charge is -2.15. The summed E-state index contributed by atoms with van der Waals surface area (Å²) >= 11 is 37.9. The fraction of sp³-hybridized carbons (Fsp3) is 0. The minimum atomic E-state index is -0.748. The normalized spacial score (nSPS) is 11.5. The molecule has 0 aliphatic heterocycles. The second kappa shape index (κ2) is 16.3. The fourth-order valence-corrected chi connectivity index (χ4v) is 6.70. The van der Waals surface area contributed by atoms with E-state index in [1.54, 1.807) is 72.8 Å². The van der Waals surface area contributed by atoms with Gasteiger partial charge in [-0.15, -0.1) is 20.5 Å². The van der Waals surface area contributed by atoms with E-state index in [0.717, 1.165) is 0 Å². The molecule has 7 rings (SSSR count). The largest absolute Gasteiger partial charge is 0.505 e. The Morgan fingerprint density at radius 2 is 0.857 bits per heavy atom. The summed E-state index contributed by atoms with van der Waals surface area (Å²) in [6, 6.07) is 28.9. The molecular formula is C40H22Cl6N6O4. The molecule has 0 atom stereocenters. The Labute approximate surface area is 347 Å². The van der Waals surface area contributed by atoms with Crippen LogP contribution in [0.4, 0.5) is 34.1 Å². The number of phenols is 2. The highest BCUT2D eigenvalue weighted by molar-refractivity contribution is 6.38. The predicted octanol–water partition coefficient (Wildman–Crippen LogP) is 14.7. The third kappa shape index (κ3) is 8.08. The Kier molecular flexibility index (Phi) is 11.3. The quantitative estimate of drug-likeness (QED) is 0.113. The third-order valence-corrected chi connectivity index (χ3v) is 10.1. The number of carbonyl (C=O) groups is 2. The Balaban J connectivity index is 1.17. The van der Waals surface area contributed by atoms with E-state index in [9.17, 15) is 19.8 Å². The number of phenolic OH excluding ortho intramolecular Hbond substituents is 2. The number of anilines is 2. The molecule has 0 fully saturated rings. The summed E-state index contributed by atoms with van der Waals surface area (Å²) in [5.41, 5.74) is 0.393. The predicted molar refractivity (Wildman–Crippen MR) is 225 cm³/mol. The maximum atomic E-state index is 13.7. The van der Waals surface area contributed by atoms with E-state index in [2.05, 4.69) is 31.1 Å². The lowest BCUT2D eigenvalue weighted by atomic mass is 10.0. The highest BCUT2D eigenvalue weighted by Gasteiger charge is 2.23. The zero-order valence-electron chi connectivity index (χ0n) is 28.2. The minimum Gasteiger partial charge on any atom is -0.505 e. The van der Waals surface area contributed by atoms with Crippen molar-refractivity contribution in [3.63, 3.8) is 0 Å². The van der Waals surface area contributed by atoms with Gasteiger partial charge in [-0.3, -0.25) is 9.59 Å². The Hall–Kier alpha value is -5.46. The van der Waals surface area contributed by atoms with Crippen molar-refractivity contribution in [2.75, 3.05) is 10.6 Å². The number of azo groups is 2. The molecule has 0 spiro atoms. The van der Waals surface area contributed by atoms with Crippen LogP contribution in [0.3, 0.4) is 0 Å². The van der Waals surface area contributed by atoms with Gasteiger partial charge in [0.05, 0.1) is 42.6 Å². The molecule has 0 bridgehead atoms. The first kappa shape index (κ1) is 38.8. The summed E-state index contributed by atoms with van der Waals surface area (Å²) in [6.45, 7) is 0. The molecule has 0 aliphatic carbocycles. The van der Waals surface area contributed by atoms with Crippen LogP contribution >= 0.6 is 69.6 Å². The third-order valence-electron chi connectivity index (χ3n) is 8.36. The number of halogens is 6. The lowest BCUT2D eigenvalue weighted by molar-refractivity contribution is 0.101. The summed E-state index contributed by atoms with van der Waals surface area (Å²) in [6.07, 6.45) is 0. The number of aromatic hydroxyl groups is 2. The Morgan fingerprint density at radius 3 is 1.27 bits per heavy atom. The Morgan fingerprint density at radius 1 is 0.464 bits per heavy atom. The first-order valence-corrected chi connectivity index (χ1v) is 18.5. The lowest BCUT2D eigenvalue weighted by Crippen LogP contribution is -2.14. The van der Waals surface area contributed by atoms with Crippen molar-refractivity contribution in [3.05, 3.63) is 150 Å². The average Bonchev–Trinajstić information content (AvgIpc) is 3.18. The average molecular weight is 863 g/mol. The van der Waals surface area contributed by atoms with Crippen LogP contribution in [-0.4, -0.2) is 22.0 Å². The van der Waals surface area contributed by atoms with E-state index in [4.69, 9.17) is 69.6 Å². The van der Waals surface area contributed by atoms with Crippen LogP contribution in [0.2, 0.25) is 30.1 Å². The number of carbonyl (C=O) groups excluding carboxylic acids is 2. The first-order chi connectivity index (χ1) is 26.9. The van der Waals surface area contributed by atoms with Crippen molar-refractivity contribution in [3.8, 4) is 11.5 Å². The van der Waals surface area contributed by atoms with E-state index in [0.29, 0.717) is 31.6 Å². The first-order valence-electron chi connectivity index (χ1n) is 16.2. The Bertz CT molecular complexity index is 2620. The molecule has 0 heterocycles. The number of hydrogen-bond acceptors (Lipinski definition) is 8. The van der Waals surface area contributed by atoms with Crippen molar-refractivity contribution in [1.29, 1.82) is 0 Å². The van der Waals surface area contributed by atoms with Gasteiger partial charge in [0.25, 0.3) is 11.8 Å². The van der Waals surface area contributed by atoms with Crippen molar-refractivity contribution in [2.24, 2.45) is 20.5 Å². The smallest absolute Gasteiger partial charge is 0.259 e. The molecule has 7 aromatic rings. The molecule has 0 radical (unpaired) electrons. The molecule has 2 amide bonds. The summed E-state index contributed by atoms with van der Waals surface area (Å²) in [5.74, 6) is -2.41. The van der Waals surface area contributed by atoms with E-state index in [-0.39, 0.29) is 65.3 Å². The monoisotopic (exact) mass is 860 g/mol. The number of amides is 2. The fourth-order valence-electron chi connectivity index (χ4n) is 5.63. The van der Waals surface area contributed by atoms with Gasteiger partial charge in [-0.05, 0) is 71.4 Å². The van der Waals surface area contributed by atoms with Crippen molar-refractivity contribution >= 4 is 137 Å². The van der Waals surface area contributed by atoms with Crippen LogP contribution in [0.25, 0.3) is 21.5 Å². The standard InChI is InChI=1S/C40H22Cl6N6O4/c41-21-9-11-27(43)33(15-21)49-51-35-23-7-3-1-5-19(23)13-25(37(35)53)39(55)47-31-17-30(46)32(18-29(31)45)48-40(56)26-14-20-6-2-4-8-24(20)36(38(26)54)52-50-34-16-22(42)10-12-28(34)44/h1-18,53-54H,(H,47,55)(H,48,56)/b51-49+,52-50+. The minimum absolute atomic E-state index is 0.00976. The van der Waals surface area contributed by atoms with Gasteiger partial charge in [0, 0.05) is 20.8 Å². The van der Waals surface area contributed by atoms with Gasteiger partial charge >= 0.3 is 0 Å². The van der Waals surface area contributed by atoms with Crippen molar-refractivity contribution in [2.45, 2.75) is 0 Å². The van der Waals surface area contributed by atoms with Gasteiger partial charge in [0.1, 0.15) is 22.7 Å². The van der Waals surface area contributed by atoms with Gasteiger partial charge < -0.3 is 20.8 Å². The molecule has 4 N–H and O–H groups in total. The van der Waals surface area contributed by atoms with Crippen LogP contribution in [0.15, 0.2) is 130 Å². The molecule has 0 saturated carbocycles. The maximum absolute atomic E-state index is 13.7. The van der Waals surface area contributed by atoms with E-state index < -0.39 is 23.3 Å². The molecule has 7 aromatic carbocycles. The van der Waals surface area contributed by atoms with Crippen LogP contribution in [0.1, 0.15) is 20.7 Å². The van der Waals surface area contributed by atoms with E-state index >= 15 is 0 Å². The van der Waals surface area contributed by atoms with Gasteiger partial charge in [-0.25, -0.2) is 0 Å². The van der Waals surface area contributed by atoms with E-state index in [1.165, 1.54) is 36.4 Å². The molecule has 0 saturated heterocycles. The van der Waals surface area contributed by atoms with Crippen LogP contribution in [0.5, 0.6) is 11.5 Å². The summed E-state index contributed by atoms with van der Waals surface area (Å²) in [5, 5.41) is 48.3. The van der Waals surface area contributed by atoms with Crippen molar-refractivity contribution < 1.29 is 19.8 Å². The number of nitrogens with zero attached hydrogens (tertiary/aromatic N) is 4. The SMILES string of the molecule is O=C(Nc1cc(Cl)c(NC(=O)c2cc3ccccc3c(/N=N/c3cc(Cl)ccc3Cl)c2O)cc1Cl)c1cc2ccccc2c(/N=N/c2cc(Cl)ccc2Cl)c1O. The molecular weight excluding hydrogens is 841 g/mol. The summed E-state index contributed by atoms with van der Waals surface area (Å²) < 4.78 is 0.